The van der Waals surface area contributed by atoms with Gasteiger partial charge in [-0.05, 0) is 34.1 Å². The Labute approximate surface area is 133 Å². The smallest absolute Gasteiger partial charge is 0.165 e. The van der Waals surface area contributed by atoms with Crippen LogP contribution in [0.3, 0.4) is 0 Å². The largest absolute Gasteiger partial charge is 0.497 e. The highest BCUT2D eigenvalue weighted by molar-refractivity contribution is 9.10. The van der Waals surface area contributed by atoms with E-state index >= 15 is 0 Å². The van der Waals surface area contributed by atoms with Crippen LogP contribution < -0.4 is 19.5 Å². The van der Waals surface area contributed by atoms with Crippen molar-refractivity contribution in [1.29, 1.82) is 0 Å². The molecule has 0 amide bonds. The Hall–Kier alpha value is -1.88. The number of para-hydroxylation sites is 1. The second kappa shape index (κ2) is 7.22. The number of rotatable bonds is 6. The minimum Gasteiger partial charge on any atom is -0.497 e. The van der Waals surface area contributed by atoms with Gasteiger partial charge in [0.05, 0.1) is 27.0 Å². The molecule has 0 saturated carbocycles. The van der Waals surface area contributed by atoms with E-state index in [1.807, 2.05) is 36.4 Å². The number of hydrogen-bond acceptors (Lipinski definition) is 4. The fourth-order valence-corrected chi connectivity index (χ4v) is 2.44. The van der Waals surface area contributed by atoms with E-state index in [9.17, 15) is 0 Å². The van der Waals surface area contributed by atoms with E-state index in [2.05, 4.69) is 21.2 Å². The average molecular weight is 352 g/mol. The Kier molecular flexibility index (Phi) is 5.33. The SMILES string of the molecule is COc1ccc(Br)c(NCc2cccc(OC)c2OC)c1. The van der Waals surface area contributed by atoms with Gasteiger partial charge >= 0.3 is 0 Å². The summed E-state index contributed by atoms with van der Waals surface area (Å²) in [4.78, 5) is 0. The number of hydrogen-bond donors (Lipinski definition) is 1. The van der Waals surface area contributed by atoms with Crippen LogP contribution in [-0.2, 0) is 6.54 Å². The fourth-order valence-electron chi connectivity index (χ4n) is 2.05. The first-order chi connectivity index (χ1) is 10.2. The Balaban J connectivity index is 2.20. The van der Waals surface area contributed by atoms with Gasteiger partial charge < -0.3 is 19.5 Å². The van der Waals surface area contributed by atoms with Crippen molar-refractivity contribution in [3.05, 3.63) is 46.4 Å². The summed E-state index contributed by atoms with van der Waals surface area (Å²) in [7, 11) is 4.93. The van der Waals surface area contributed by atoms with Gasteiger partial charge in [0.25, 0.3) is 0 Å². The number of methoxy groups -OCH3 is 3. The molecule has 0 heterocycles. The molecule has 0 aromatic heterocycles. The molecule has 112 valence electrons. The van der Waals surface area contributed by atoms with Gasteiger partial charge in [-0.3, -0.25) is 0 Å². The third kappa shape index (κ3) is 3.61. The van der Waals surface area contributed by atoms with Crippen molar-refractivity contribution in [1.82, 2.24) is 0 Å². The van der Waals surface area contributed by atoms with Gasteiger partial charge in [0, 0.05) is 22.6 Å². The maximum Gasteiger partial charge on any atom is 0.165 e. The van der Waals surface area contributed by atoms with Crippen LogP contribution in [0.1, 0.15) is 5.56 Å². The Morgan fingerprint density at radius 2 is 1.81 bits per heavy atom. The van der Waals surface area contributed by atoms with Crippen LogP contribution in [0.4, 0.5) is 5.69 Å². The van der Waals surface area contributed by atoms with Gasteiger partial charge in [-0.25, -0.2) is 0 Å². The van der Waals surface area contributed by atoms with Crippen molar-refractivity contribution >= 4 is 21.6 Å². The van der Waals surface area contributed by atoms with Crippen molar-refractivity contribution in [2.75, 3.05) is 26.6 Å². The zero-order valence-corrected chi connectivity index (χ0v) is 13.9. The Bertz CT molecular complexity index is 616. The normalized spacial score (nSPS) is 10.1. The maximum atomic E-state index is 5.43. The maximum absolute atomic E-state index is 5.43. The molecule has 0 aliphatic rings. The van der Waals surface area contributed by atoms with Crippen LogP contribution in [-0.4, -0.2) is 21.3 Å². The van der Waals surface area contributed by atoms with E-state index < -0.39 is 0 Å². The molecule has 1 N–H and O–H groups in total. The molecule has 4 nitrogen and oxygen atoms in total. The van der Waals surface area contributed by atoms with Gasteiger partial charge in [-0.15, -0.1) is 0 Å². The van der Waals surface area contributed by atoms with Crippen LogP contribution in [0.5, 0.6) is 17.2 Å². The Morgan fingerprint density at radius 1 is 1.00 bits per heavy atom. The predicted octanol–water partition coefficient (Wildman–Crippen LogP) is 4.09. The van der Waals surface area contributed by atoms with E-state index in [4.69, 9.17) is 14.2 Å². The second-order valence-electron chi connectivity index (χ2n) is 4.35. The summed E-state index contributed by atoms with van der Waals surface area (Å²) in [5.74, 6) is 2.27. The summed E-state index contributed by atoms with van der Waals surface area (Å²) in [6.07, 6.45) is 0. The van der Waals surface area contributed by atoms with E-state index in [0.717, 1.165) is 33.0 Å². The van der Waals surface area contributed by atoms with Gasteiger partial charge in [0.2, 0.25) is 0 Å². The Morgan fingerprint density at radius 3 is 2.48 bits per heavy atom. The molecule has 2 aromatic carbocycles. The van der Waals surface area contributed by atoms with Gasteiger partial charge in [-0.2, -0.15) is 0 Å². The molecular weight excluding hydrogens is 334 g/mol. The molecule has 0 radical (unpaired) electrons. The minimum absolute atomic E-state index is 0.617. The molecule has 0 aliphatic heterocycles. The standard InChI is InChI=1S/C16H18BrNO3/c1-19-12-7-8-13(17)14(9-12)18-10-11-5-4-6-15(20-2)16(11)21-3/h4-9,18H,10H2,1-3H3. The summed E-state index contributed by atoms with van der Waals surface area (Å²) in [5, 5.41) is 3.37. The highest BCUT2D eigenvalue weighted by Crippen LogP contribution is 2.32. The van der Waals surface area contributed by atoms with Crippen molar-refractivity contribution < 1.29 is 14.2 Å². The predicted molar refractivity (Wildman–Crippen MR) is 87.6 cm³/mol. The van der Waals surface area contributed by atoms with Crippen LogP contribution >= 0.6 is 15.9 Å². The number of halogens is 1. The van der Waals surface area contributed by atoms with Crippen LogP contribution in [0.15, 0.2) is 40.9 Å². The van der Waals surface area contributed by atoms with Crippen molar-refractivity contribution in [2.45, 2.75) is 6.54 Å². The van der Waals surface area contributed by atoms with Crippen LogP contribution in [0.2, 0.25) is 0 Å². The molecule has 2 aromatic rings. The first-order valence-corrected chi connectivity index (χ1v) is 7.26. The van der Waals surface area contributed by atoms with E-state index in [-0.39, 0.29) is 0 Å². The summed E-state index contributed by atoms with van der Waals surface area (Å²) >= 11 is 3.52. The van der Waals surface area contributed by atoms with E-state index in [1.165, 1.54) is 0 Å². The molecular formula is C16H18BrNO3. The average Bonchev–Trinajstić information content (AvgIpc) is 2.53. The monoisotopic (exact) mass is 351 g/mol. The third-order valence-electron chi connectivity index (χ3n) is 3.13. The number of anilines is 1. The summed E-state index contributed by atoms with van der Waals surface area (Å²) in [6, 6.07) is 11.6. The molecule has 2 rings (SSSR count). The molecule has 0 aliphatic carbocycles. The molecule has 21 heavy (non-hydrogen) atoms. The molecule has 0 spiro atoms. The lowest BCUT2D eigenvalue weighted by Gasteiger charge is -2.15. The number of nitrogens with one attached hydrogen (secondary N) is 1. The highest BCUT2D eigenvalue weighted by atomic mass is 79.9. The van der Waals surface area contributed by atoms with Gasteiger partial charge in [0.15, 0.2) is 11.5 Å². The zero-order valence-electron chi connectivity index (χ0n) is 12.3. The van der Waals surface area contributed by atoms with Crippen LogP contribution in [0, 0.1) is 0 Å². The van der Waals surface area contributed by atoms with E-state index in [0.29, 0.717) is 6.54 Å². The van der Waals surface area contributed by atoms with Crippen molar-refractivity contribution in [2.24, 2.45) is 0 Å². The molecule has 0 saturated heterocycles. The van der Waals surface area contributed by atoms with Crippen molar-refractivity contribution in [3.8, 4) is 17.2 Å². The minimum atomic E-state index is 0.617. The van der Waals surface area contributed by atoms with Gasteiger partial charge in [-0.1, -0.05) is 12.1 Å². The lowest BCUT2D eigenvalue weighted by Crippen LogP contribution is -2.03. The quantitative estimate of drug-likeness (QED) is 0.850. The van der Waals surface area contributed by atoms with Gasteiger partial charge in [0.1, 0.15) is 5.75 Å². The zero-order chi connectivity index (χ0) is 15.2. The molecule has 5 heteroatoms. The summed E-state index contributed by atoms with van der Waals surface area (Å²) in [5.41, 5.74) is 1.98. The lowest BCUT2D eigenvalue weighted by atomic mass is 10.1. The number of benzene rings is 2. The molecule has 0 unspecified atom stereocenters. The van der Waals surface area contributed by atoms with Crippen LogP contribution in [0.25, 0.3) is 0 Å². The summed E-state index contributed by atoms with van der Waals surface area (Å²) < 4.78 is 17.0. The molecule has 0 bridgehead atoms. The van der Waals surface area contributed by atoms with Crippen molar-refractivity contribution in [3.63, 3.8) is 0 Å². The highest BCUT2D eigenvalue weighted by Gasteiger charge is 2.10. The lowest BCUT2D eigenvalue weighted by molar-refractivity contribution is 0.352. The molecule has 0 atom stereocenters. The van der Waals surface area contributed by atoms with E-state index in [1.54, 1.807) is 21.3 Å². The first-order valence-electron chi connectivity index (χ1n) is 6.47. The third-order valence-corrected chi connectivity index (χ3v) is 3.82. The second-order valence-corrected chi connectivity index (χ2v) is 5.21. The molecule has 0 fully saturated rings. The number of ether oxygens (including phenoxy) is 3. The topological polar surface area (TPSA) is 39.7 Å². The fraction of sp³-hybridized carbons (Fsp3) is 0.250. The summed E-state index contributed by atoms with van der Waals surface area (Å²) in [6.45, 7) is 0.617. The first kappa shape index (κ1) is 15.5.